The van der Waals surface area contributed by atoms with Crippen molar-refractivity contribution in [2.24, 2.45) is 11.8 Å². The highest BCUT2D eigenvalue weighted by Crippen LogP contribution is 2.29. The molecule has 2 heterocycles. The molecule has 2 aliphatic rings. The number of rotatable bonds is 5. The van der Waals surface area contributed by atoms with E-state index in [4.69, 9.17) is 4.42 Å². The van der Waals surface area contributed by atoms with Gasteiger partial charge < -0.3 is 9.73 Å². The van der Waals surface area contributed by atoms with Gasteiger partial charge >= 0.3 is 5.76 Å². The van der Waals surface area contributed by atoms with Gasteiger partial charge in [-0.3, -0.25) is 9.36 Å². The third-order valence-electron chi connectivity index (χ3n) is 6.70. The first-order valence-electron chi connectivity index (χ1n) is 10.7. The maximum Gasteiger partial charge on any atom is 0.420 e. The first kappa shape index (κ1) is 21.1. The smallest absolute Gasteiger partial charge is 0.408 e. The van der Waals surface area contributed by atoms with E-state index < -0.39 is 15.8 Å². The zero-order valence-electron chi connectivity index (χ0n) is 17.5. The molecule has 30 heavy (non-hydrogen) atoms. The van der Waals surface area contributed by atoms with Gasteiger partial charge in [0, 0.05) is 25.2 Å². The summed E-state index contributed by atoms with van der Waals surface area (Å²) in [6.07, 6.45) is 4.89. The van der Waals surface area contributed by atoms with Crippen molar-refractivity contribution in [1.29, 1.82) is 0 Å². The Hall–Kier alpha value is -2.13. The van der Waals surface area contributed by atoms with Crippen molar-refractivity contribution in [1.82, 2.24) is 14.2 Å². The van der Waals surface area contributed by atoms with Crippen LogP contribution in [0.15, 0.2) is 32.3 Å². The summed E-state index contributed by atoms with van der Waals surface area (Å²) in [5.41, 5.74) is 0.591. The van der Waals surface area contributed by atoms with Gasteiger partial charge in [0.15, 0.2) is 5.58 Å². The Balaban J connectivity index is 1.54. The molecule has 4 rings (SSSR count). The molecule has 0 radical (unpaired) electrons. The lowest BCUT2D eigenvalue weighted by molar-refractivity contribution is -0.123. The normalized spacial score (nSPS) is 25.6. The molecule has 3 atom stereocenters. The minimum atomic E-state index is -3.60. The molecule has 1 aromatic heterocycles. The van der Waals surface area contributed by atoms with Gasteiger partial charge in [-0.05, 0) is 43.2 Å². The Morgan fingerprint density at radius 2 is 1.90 bits per heavy atom. The van der Waals surface area contributed by atoms with Crippen molar-refractivity contribution in [3.63, 3.8) is 0 Å². The van der Waals surface area contributed by atoms with Gasteiger partial charge in [-0.25, -0.2) is 13.2 Å². The van der Waals surface area contributed by atoms with E-state index in [-0.39, 0.29) is 29.0 Å². The van der Waals surface area contributed by atoms with Gasteiger partial charge in [-0.15, -0.1) is 0 Å². The molecule has 1 saturated heterocycles. The topological polar surface area (TPSA) is 102 Å². The lowest BCUT2D eigenvalue weighted by atomic mass is 9.78. The van der Waals surface area contributed by atoms with Crippen molar-refractivity contribution < 1.29 is 17.6 Å². The van der Waals surface area contributed by atoms with Gasteiger partial charge in [-0.2, -0.15) is 4.31 Å². The van der Waals surface area contributed by atoms with Crippen molar-refractivity contribution >= 4 is 27.0 Å². The van der Waals surface area contributed by atoms with Crippen molar-refractivity contribution in [3.05, 3.63) is 28.7 Å². The minimum absolute atomic E-state index is 0.104. The number of nitrogens with zero attached hydrogens (tertiary/aromatic N) is 2. The lowest BCUT2D eigenvalue weighted by Gasteiger charge is -2.34. The van der Waals surface area contributed by atoms with Crippen LogP contribution in [0.5, 0.6) is 0 Å². The summed E-state index contributed by atoms with van der Waals surface area (Å²) in [5, 5.41) is 3.06. The van der Waals surface area contributed by atoms with Crippen LogP contribution < -0.4 is 11.1 Å². The molecule has 9 heteroatoms. The molecule has 0 unspecified atom stereocenters. The van der Waals surface area contributed by atoms with E-state index in [0.717, 1.165) is 25.7 Å². The average Bonchev–Trinajstić information content (AvgIpc) is 3.34. The highest BCUT2D eigenvalue weighted by Gasteiger charge is 2.30. The van der Waals surface area contributed by atoms with Crippen LogP contribution >= 0.6 is 0 Å². The number of sulfonamides is 1. The number of aromatic nitrogens is 1. The van der Waals surface area contributed by atoms with Crippen LogP contribution in [0.25, 0.3) is 11.1 Å². The zero-order chi connectivity index (χ0) is 21.5. The maximum absolute atomic E-state index is 12.8. The highest BCUT2D eigenvalue weighted by atomic mass is 32.2. The maximum atomic E-state index is 12.8. The molecule has 1 amide bonds. The number of benzene rings is 1. The molecular weight excluding hydrogens is 406 g/mol. The Morgan fingerprint density at radius 1 is 1.17 bits per heavy atom. The average molecular weight is 436 g/mol. The fourth-order valence-corrected chi connectivity index (χ4v) is 6.15. The number of amides is 1. The molecule has 1 aliphatic carbocycles. The van der Waals surface area contributed by atoms with Crippen LogP contribution in [-0.2, 0) is 21.4 Å². The van der Waals surface area contributed by atoms with Crippen molar-refractivity contribution in [2.45, 2.75) is 63.4 Å². The second kappa shape index (κ2) is 8.19. The minimum Gasteiger partial charge on any atom is -0.408 e. The van der Waals surface area contributed by atoms with Gasteiger partial charge in [0.05, 0.1) is 10.4 Å². The van der Waals surface area contributed by atoms with E-state index >= 15 is 0 Å². The summed E-state index contributed by atoms with van der Waals surface area (Å²) in [4.78, 5) is 25.1. The van der Waals surface area contributed by atoms with Gasteiger partial charge in [0.25, 0.3) is 0 Å². The molecular formula is C21H29N3O5S. The van der Waals surface area contributed by atoms with E-state index in [0.29, 0.717) is 30.4 Å². The molecule has 1 aromatic carbocycles. The second-order valence-corrected chi connectivity index (χ2v) is 10.6. The molecule has 2 aromatic rings. The summed E-state index contributed by atoms with van der Waals surface area (Å²) in [6, 6.07) is 4.50. The first-order valence-corrected chi connectivity index (χ1v) is 12.1. The number of carbonyl (C=O) groups is 1. The van der Waals surface area contributed by atoms with Crippen LogP contribution in [-0.4, -0.2) is 42.3 Å². The van der Waals surface area contributed by atoms with Crippen LogP contribution in [0.2, 0.25) is 0 Å². The van der Waals surface area contributed by atoms with Crippen molar-refractivity contribution in [2.75, 3.05) is 13.1 Å². The SMILES string of the molecule is C[C@@H]1[C@H](C)CCC[C@H]1NC(=O)Cn1c(=O)oc2cc(S(=O)(=O)N3CCCC3)ccc21. The molecule has 1 aliphatic heterocycles. The molecule has 0 spiro atoms. The number of carbonyl (C=O) groups excluding carboxylic acids is 1. The summed E-state index contributed by atoms with van der Waals surface area (Å²) < 4.78 is 33.5. The number of hydrogen-bond acceptors (Lipinski definition) is 5. The Bertz CT molecular complexity index is 1100. The predicted molar refractivity (Wildman–Crippen MR) is 113 cm³/mol. The van der Waals surface area contributed by atoms with E-state index in [2.05, 4.69) is 19.2 Å². The van der Waals surface area contributed by atoms with E-state index in [9.17, 15) is 18.0 Å². The molecule has 8 nitrogen and oxygen atoms in total. The number of nitrogens with one attached hydrogen (secondary N) is 1. The van der Waals surface area contributed by atoms with Gasteiger partial charge in [0.1, 0.15) is 6.54 Å². The number of fused-ring (bicyclic) bond motifs is 1. The summed E-state index contributed by atoms with van der Waals surface area (Å²) >= 11 is 0. The van der Waals surface area contributed by atoms with E-state index in [1.807, 2.05) is 0 Å². The Labute approximate surface area is 176 Å². The molecule has 1 saturated carbocycles. The first-order chi connectivity index (χ1) is 14.3. The van der Waals surface area contributed by atoms with Gasteiger partial charge in [-0.1, -0.05) is 26.7 Å². The Morgan fingerprint density at radius 3 is 2.63 bits per heavy atom. The molecule has 2 fully saturated rings. The number of oxazole rings is 1. The second-order valence-electron chi connectivity index (χ2n) is 8.64. The molecule has 0 bridgehead atoms. The van der Waals surface area contributed by atoms with Crippen LogP contribution in [0.1, 0.15) is 46.0 Å². The highest BCUT2D eigenvalue weighted by molar-refractivity contribution is 7.89. The quantitative estimate of drug-likeness (QED) is 0.777. The fraction of sp³-hybridized carbons (Fsp3) is 0.619. The van der Waals surface area contributed by atoms with E-state index in [1.165, 1.54) is 27.4 Å². The number of hydrogen-bond donors (Lipinski definition) is 1. The standard InChI is InChI=1S/C21H29N3O5S/c1-14-6-5-7-17(15(14)2)22-20(25)13-24-18-9-8-16(12-19(18)29-21(24)26)30(27,28)23-10-3-4-11-23/h8-9,12,14-15,17H,3-7,10-11,13H2,1-2H3,(H,22,25)/t14-,15-,17-/m1/s1. The monoisotopic (exact) mass is 435 g/mol. The van der Waals surface area contributed by atoms with Crippen LogP contribution in [0, 0.1) is 11.8 Å². The zero-order valence-corrected chi connectivity index (χ0v) is 18.3. The third-order valence-corrected chi connectivity index (χ3v) is 8.59. The third kappa shape index (κ3) is 3.92. The Kier molecular flexibility index (Phi) is 5.76. The van der Waals surface area contributed by atoms with E-state index in [1.54, 1.807) is 6.07 Å². The molecule has 164 valence electrons. The van der Waals surface area contributed by atoms with Crippen molar-refractivity contribution in [3.8, 4) is 0 Å². The van der Waals surface area contributed by atoms with Crippen LogP contribution in [0.4, 0.5) is 0 Å². The fourth-order valence-electron chi connectivity index (χ4n) is 4.62. The summed E-state index contributed by atoms with van der Waals surface area (Å²) in [7, 11) is -3.60. The largest absolute Gasteiger partial charge is 0.420 e. The van der Waals surface area contributed by atoms with Crippen LogP contribution in [0.3, 0.4) is 0 Å². The summed E-state index contributed by atoms with van der Waals surface area (Å²) in [6.45, 7) is 5.20. The predicted octanol–water partition coefficient (Wildman–Crippen LogP) is 2.32. The molecule has 1 N–H and O–H groups in total. The summed E-state index contributed by atoms with van der Waals surface area (Å²) in [5.74, 6) is 0.0387. The van der Waals surface area contributed by atoms with Gasteiger partial charge in [0.2, 0.25) is 15.9 Å². The lowest BCUT2D eigenvalue weighted by Crippen LogP contribution is -2.45.